The Morgan fingerprint density at radius 3 is 2.43 bits per heavy atom. The molecule has 2 fully saturated rings. The summed E-state index contributed by atoms with van der Waals surface area (Å²) >= 11 is 0. The molecule has 1 saturated heterocycles. The van der Waals surface area contributed by atoms with Gasteiger partial charge in [0.2, 0.25) is 0 Å². The van der Waals surface area contributed by atoms with Crippen molar-refractivity contribution in [1.82, 2.24) is 4.90 Å². The van der Waals surface area contributed by atoms with E-state index < -0.39 is 5.60 Å². The molecular weight excluding hydrogens is 290 g/mol. The maximum Gasteiger partial charge on any atom is 0.410 e. The van der Waals surface area contributed by atoms with Crippen LogP contribution in [0.25, 0.3) is 0 Å². The molecule has 0 aromatic rings. The minimum absolute atomic E-state index is 0.0119. The number of carbonyl (C=O) groups excluding carboxylic acids is 2. The molecule has 4 heteroatoms. The molecule has 0 N–H and O–H groups in total. The van der Waals surface area contributed by atoms with E-state index in [4.69, 9.17) is 4.74 Å². The van der Waals surface area contributed by atoms with Gasteiger partial charge in [-0.1, -0.05) is 27.2 Å². The van der Waals surface area contributed by atoms with Gasteiger partial charge < -0.3 is 9.64 Å². The summed E-state index contributed by atoms with van der Waals surface area (Å²) in [6.45, 7) is 12.7. The molecule has 0 bridgehead atoms. The first-order chi connectivity index (χ1) is 10.5. The Morgan fingerprint density at radius 1 is 1.30 bits per heavy atom. The average molecular weight is 323 g/mol. The van der Waals surface area contributed by atoms with Gasteiger partial charge in [-0.25, -0.2) is 4.79 Å². The second-order valence-electron chi connectivity index (χ2n) is 8.93. The van der Waals surface area contributed by atoms with Crippen molar-refractivity contribution in [2.75, 3.05) is 6.54 Å². The van der Waals surface area contributed by atoms with Gasteiger partial charge in [-0.2, -0.15) is 0 Å². The van der Waals surface area contributed by atoms with Crippen LogP contribution in [0.4, 0.5) is 4.79 Å². The van der Waals surface area contributed by atoms with Crippen LogP contribution in [0.5, 0.6) is 0 Å². The highest BCUT2D eigenvalue weighted by atomic mass is 16.6. The predicted molar refractivity (Wildman–Crippen MR) is 91.3 cm³/mol. The van der Waals surface area contributed by atoms with Crippen LogP contribution in [-0.2, 0) is 9.53 Å². The van der Waals surface area contributed by atoms with E-state index in [0.29, 0.717) is 18.2 Å². The summed E-state index contributed by atoms with van der Waals surface area (Å²) < 4.78 is 5.60. The molecule has 1 aliphatic heterocycles. The molecular formula is C19H33NO3. The Bertz CT molecular complexity index is 464. The molecule has 23 heavy (non-hydrogen) atoms. The maximum absolute atomic E-state index is 12.8. The van der Waals surface area contributed by atoms with E-state index in [1.54, 1.807) is 0 Å². The summed E-state index contributed by atoms with van der Waals surface area (Å²) in [5.74, 6) is 0.912. The third-order valence-corrected chi connectivity index (χ3v) is 5.51. The lowest BCUT2D eigenvalue weighted by atomic mass is 9.80. The highest BCUT2D eigenvalue weighted by molar-refractivity contribution is 5.89. The highest BCUT2D eigenvalue weighted by Gasteiger charge is 2.48. The molecule has 2 rings (SSSR count). The molecule has 0 radical (unpaired) electrons. The van der Waals surface area contributed by atoms with Gasteiger partial charge in [-0.15, -0.1) is 0 Å². The molecule has 4 nitrogen and oxygen atoms in total. The highest BCUT2D eigenvalue weighted by Crippen LogP contribution is 2.43. The number of ketones is 1. The smallest absolute Gasteiger partial charge is 0.410 e. The quantitative estimate of drug-likeness (QED) is 0.756. The van der Waals surface area contributed by atoms with Crippen LogP contribution in [0, 0.1) is 17.3 Å². The molecule has 3 unspecified atom stereocenters. The number of Topliss-reactive ketones (excluding diaryl/α,β-unsaturated/α-hetero) is 1. The number of hydrogen-bond acceptors (Lipinski definition) is 3. The van der Waals surface area contributed by atoms with E-state index >= 15 is 0 Å². The zero-order valence-corrected chi connectivity index (χ0v) is 15.6. The Labute approximate surface area is 140 Å². The van der Waals surface area contributed by atoms with Gasteiger partial charge in [-0.05, 0) is 52.4 Å². The molecule has 1 saturated carbocycles. The van der Waals surface area contributed by atoms with Crippen molar-refractivity contribution >= 4 is 11.9 Å². The molecule has 0 spiro atoms. The lowest BCUT2D eigenvalue weighted by Crippen LogP contribution is -2.52. The first-order valence-electron chi connectivity index (χ1n) is 9.09. The number of nitrogens with zero attached hydrogens (tertiary/aromatic N) is 1. The first kappa shape index (κ1) is 18.3. The zero-order chi connectivity index (χ0) is 17.4. The number of rotatable bonds is 2. The van der Waals surface area contributed by atoms with Crippen LogP contribution < -0.4 is 0 Å². The summed E-state index contributed by atoms with van der Waals surface area (Å²) in [5.41, 5.74) is -0.744. The Morgan fingerprint density at radius 2 is 1.96 bits per heavy atom. The number of likely N-dealkylation sites (tertiary alicyclic amines) is 1. The number of carbonyl (C=O) groups is 2. The maximum atomic E-state index is 12.8. The topological polar surface area (TPSA) is 46.6 Å². The standard InChI is InChI=1S/C19H33NO3/c1-7-13-9-11-20(17(22)23-18(2,3)4)15(12-13)14-8-10-19(5,6)16(14)21/h13-15H,7-12H2,1-6H3. The van der Waals surface area contributed by atoms with E-state index in [1.165, 1.54) is 0 Å². The predicted octanol–water partition coefficient (Wildman–Crippen LogP) is 4.42. The van der Waals surface area contributed by atoms with Gasteiger partial charge in [0.15, 0.2) is 0 Å². The van der Waals surface area contributed by atoms with E-state index in [1.807, 2.05) is 39.5 Å². The Kier molecular flexibility index (Phi) is 5.12. The van der Waals surface area contributed by atoms with E-state index in [-0.39, 0.29) is 23.5 Å². The van der Waals surface area contributed by atoms with Gasteiger partial charge in [0, 0.05) is 23.9 Å². The molecule has 3 atom stereocenters. The average Bonchev–Trinajstić information content (AvgIpc) is 2.71. The fourth-order valence-corrected chi connectivity index (χ4v) is 4.01. The molecule has 2 aliphatic rings. The van der Waals surface area contributed by atoms with Crippen LogP contribution in [0.3, 0.4) is 0 Å². The number of piperidine rings is 1. The minimum Gasteiger partial charge on any atom is -0.444 e. The van der Waals surface area contributed by atoms with E-state index in [9.17, 15) is 9.59 Å². The fourth-order valence-electron chi connectivity index (χ4n) is 4.01. The lowest BCUT2D eigenvalue weighted by Gasteiger charge is -2.42. The summed E-state index contributed by atoms with van der Waals surface area (Å²) in [7, 11) is 0. The Hall–Kier alpha value is -1.06. The van der Waals surface area contributed by atoms with Crippen molar-refractivity contribution in [2.45, 2.75) is 85.3 Å². The number of amides is 1. The molecule has 0 aromatic carbocycles. The van der Waals surface area contributed by atoms with E-state index in [2.05, 4.69) is 6.92 Å². The number of ether oxygens (including phenoxy) is 1. The normalized spacial score (nSPS) is 31.3. The Balaban J connectivity index is 2.19. The first-order valence-corrected chi connectivity index (χ1v) is 9.09. The largest absolute Gasteiger partial charge is 0.444 e. The second kappa shape index (κ2) is 6.45. The van der Waals surface area contributed by atoms with Crippen LogP contribution in [0.1, 0.15) is 73.6 Å². The molecule has 1 amide bonds. The minimum atomic E-state index is -0.498. The van der Waals surface area contributed by atoms with Crippen molar-refractivity contribution in [3.8, 4) is 0 Å². The van der Waals surface area contributed by atoms with Crippen LogP contribution in [0.15, 0.2) is 0 Å². The van der Waals surface area contributed by atoms with Crippen molar-refractivity contribution in [3.63, 3.8) is 0 Å². The molecule has 132 valence electrons. The van der Waals surface area contributed by atoms with Crippen LogP contribution in [-0.4, -0.2) is 35.0 Å². The summed E-state index contributed by atoms with van der Waals surface area (Å²) in [6, 6.07) is 0.0119. The van der Waals surface area contributed by atoms with Crippen LogP contribution in [0.2, 0.25) is 0 Å². The molecule has 0 aromatic heterocycles. The van der Waals surface area contributed by atoms with Crippen molar-refractivity contribution in [1.29, 1.82) is 0 Å². The van der Waals surface area contributed by atoms with Crippen molar-refractivity contribution < 1.29 is 14.3 Å². The van der Waals surface area contributed by atoms with Gasteiger partial charge >= 0.3 is 6.09 Å². The van der Waals surface area contributed by atoms with Gasteiger partial charge in [0.05, 0.1) is 0 Å². The fraction of sp³-hybridized carbons (Fsp3) is 0.895. The second-order valence-corrected chi connectivity index (χ2v) is 8.93. The third kappa shape index (κ3) is 4.07. The summed E-state index contributed by atoms with van der Waals surface area (Å²) in [5, 5.41) is 0. The summed E-state index contributed by atoms with van der Waals surface area (Å²) in [6.07, 6.45) is 4.62. The monoisotopic (exact) mass is 323 g/mol. The van der Waals surface area contributed by atoms with Crippen molar-refractivity contribution in [3.05, 3.63) is 0 Å². The lowest BCUT2D eigenvalue weighted by molar-refractivity contribution is -0.129. The van der Waals surface area contributed by atoms with Crippen molar-refractivity contribution in [2.24, 2.45) is 17.3 Å². The van der Waals surface area contributed by atoms with Gasteiger partial charge in [0.1, 0.15) is 11.4 Å². The third-order valence-electron chi connectivity index (χ3n) is 5.51. The zero-order valence-electron chi connectivity index (χ0n) is 15.6. The van der Waals surface area contributed by atoms with Gasteiger partial charge in [-0.3, -0.25) is 4.79 Å². The van der Waals surface area contributed by atoms with Crippen LogP contribution >= 0.6 is 0 Å². The summed E-state index contributed by atoms with van der Waals surface area (Å²) in [4.78, 5) is 27.3. The molecule has 1 aliphatic carbocycles. The number of hydrogen-bond donors (Lipinski definition) is 0. The van der Waals surface area contributed by atoms with Gasteiger partial charge in [0.25, 0.3) is 0 Å². The van der Waals surface area contributed by atoms with E-state index in [0.717, 1.165) is 32.1 Å². The SMILES string of the molecule is CCC1CCN(C(=O)OC(C)(C)C)C(C2CCC(C)(C)C2=O)C1. The molecule has 1 heterocycles.